The van der Waals surface area contributed by atoms with Gasteiger partial charge in [0.1, 0.15) is 0 Å². The molecule has 0 heterocycles. The maximum Gasteiger partial charge on any atom is 0.253 e. The number of nitrogens with one attached hydrogen (secondary N) is 2. The molecule has 1 fully saturated rings. The Morgan fingerprint density at radius 1 is 1.07 bits per heavy atom. The van der Waals surface area contributed by atoms with Crippen LogP contribution in [0, 0.1) is 5.92 Å². The fraction of sp³-hybridized carbons (Fsp3) is 0.652. The quantitative estimate of drug-likeness (QED) is 0.307. The lowest BCUT2D eigenvalue weighted by molar-refractivity contribution is 0.0827. The maximum atomic E-state index is 12.0. The number of nitrogens with zero attached hydrogens (tertiary/aromatic N) is 3. The summed E-state index contributed by atoms with van der Waals surface area (Å²) in [6.07, 6.45) is 6.75. The van der Waals surface area contributed by atoms with Crippen molar-refractivity contribution in [3.05, 3.63) is 35.4 Å². The van der Waals surface area contributed by atoms with Gasteiger partial charge < -0.3 is 20.4 Å². The minimum Gasteiger partial charge on any atom is -0.357 e. The lowest BCUT2D eigenvalue weighted by atomic mass is 9.83. The van der Waals surface area contributed by atoms with Gasteiger partial charge in [0, 0.05) is 38.8 Å². The second-order valence-electron chi connectivity index (χ2n) is 8.40. The Morgan fingerprint density at radius 3 is 2.23 bits per heavy atom. The van der Waals surface area contributed by atoms with Gasteiger partial charge in [0.25, 0.3) is 5.91 Å². The van der Waals surface area contributed by atoms with E-state index in [2.05, 4.69) is 36.6 Å². The Kier molecular flexibility index (Phi) is 12.3. The van der Waals surface area contributed by atoms with Crippen LogP contribution in [0.1, 0.15) is 54.9 Å². The number of halogens is 1. The van der Waals surface area contributed by atoms with Crippen molar-refractivity contribution >= 4 is 35.8 Å². The van der Waals surface area contributed by atoms with E-state index < -0.39 is 0 Å². The van der Waals surface area contributed by atoms with Crippen molar-refractivity contribution in [3.8, 4) is 0 Å². The molecule has 1 aromatic carbocycles. The molecule has 170 valence electrons. The van der Waals surface area contributed by atoms with Crippen LogP contribution in [0.2, 0.25) is 0 Å². The van der Waals surface area contributed by atoms with Crippen LogP contribution < -0.4 is 10.6 Å². The summed E-state index contributed by atoms with van der Waals surface area (Å²) in [6.45, 7) is 4.41. The third kappa shape index (κ3) is 8.41. The van der Waals surface area contributed by atoms with E-state index in [0.29, 0.717) is 18.2 Å². The third-order valence-electron chi connectivity index (χ3n) is 5.71. The SMILES string of the molecule is CCNC(=NCc1ccc(C(=O)N(C)C)cc1)NCC(C1CCCCC1)N(C)C.I. The molecule has 1 atom stereocenters. The summed E-state index contributed by atoms with van der Waals surface area (Å²) in [4.78, 5) is 20.7. The van der Waals surface area contributed by atoms with Crippen LogP contribution in [0.15, 0.2) is 29.3 Å². The number of hydrogen-bond donors (Lipinski definition) is 2. The van der Waals surface area contributed by atoms with Crippen molar-refractivity contribution in [1.29, 1.82) is 0 Å². The zero-order chi connectivity index (χ0) is 21.2. The molecule has 1 aliphatic carbocycles. The van der Waals surface area contributed by atoms with E-state index in [1.54, 1.807) is 19.0 Å². The molecule has 1 unspecified atom stereocenters. The molecule has 30 heavy (non-hydrogen) atoms. The highest BCUT2D eigenvalue weighted by Crippen LogP contribution is 2.28. The molecular formula is C23H40IN5O. The van der Waals surface area contributed by atoms with Gasteiger partial charge in [0.05, 0.1) is 6.54 Å². The van der Waals surface area contributed by atoms with E-state index in [4.69, 9.17) is 4.99 Å². The van der Waals surface area contributed by atoms with Crippen molar-refractivity contribution in [2.24, 2.45) is 10.9 Å². The number of amides is 1. The summed E-state index contributed by atoms with van der Waals surface area (Å²) in [7, 11) is 7.90. The van der Waals surface area contributed by atoms with Crippen LogP contribution in [0.5, 0.6) is 0 Å². The highest BCUT2D eigenvalue weighted by molar-refractivity contribution is 14.0. The second kappa shape index (κ2) is 13.9. The monoisotopic (exact) mass is 529 g/mol. The normalized spacial score (nSPS) is 16.0. The number of carbonyl (C=O) groups excluding carboxylic acids is 1. The number of likely N-dealkylation sites (N-methyl/N-ethyl adjacent to an activating group) is 1. The minimum atomic E-state index is 0. The van der Waals surface area contributed by atoms with Crippen molar-refractivity contribution in [2.75, 3.05) is 41.3 Å². The molecule has 0 spiro atoms. The maximum absolute atomic E-state index is 12.0. The van der Waals surface area contributed by atoms with E-state index in [9.17, 15) is 4.79 Å². The predicted molar refractivity (Wildman–Crippen MR) is 137 cm³/mol. The van der Waals surface area contributed by atoms with Crippen LogP contribution in [-0.4, -0.2) is 69.0 Å². The number of benzene rings is 1. The van der Waals surface area contributed by atoms with Gasteiger partial charge in [-0.25, -0.2) is 4.99 Å². The van der Waals surface area contributed by atoms with E-state index >= 15 is 0 Å². The molecule has 1 aliphatic rings. The lowest BCUT2D eigenvalue weighted by Crippen LogP contribution is -2.48. The van der Waals surface area contributed by atoms with Gasteiger partial charge in [-0.15, -0.1) is 24.0 Å². The molecule has 2 rings (SSSR count). The second-order valence-corrected chi connectivity index (χ2v) is 8.40. The van der Waals surface area contributed by atoms with Gasteiger partial charge in [-0.05, 0) is 57.5 Å². The molecule has 1 amide bonds. The number of rotatable bonds is 8. The van der Waals surface area contributed by atoms with Gasteiger partial charge in [0.15, 0.2) is 5.96 Å². The molecule has 2 N–H and O–H groups in total. The average Bonchev–Trinajstić information content (AvgIpc) is 2.72. The number of hydrogen-bond acceptors (Lipinski definition) is 3. The molecule has 0 saturated heterocycles. The standard InChI is InChI=1S/C23H39N5O.HI/c1-6-24-23(26-17-21(27(2)3)19-10-8-7-9-11-19)25-16-18-12-14-20(15-13-18)22(29)28(4)5;/h12-15,19,21H,6-11,16-17H2,1-5H3,(H2,24,25,26);1H. The number of carbonyl (C=O) groups is 1. The van der Waals surface area contributed by atoms with Crippen molar-refractivity contribution in [2.45, 2.75) is 51.6 Å². The molecular weight excluding hydrogens is 489 g/mol. The molecule has 1 saturated carbocycles. The summed E-state index contributed by atoms with van der Waals surface area (Å²) in [5, 5.41) is 6.90. The topological polar surface area (TPSA) is 60.0 Å². The minimum absolute atomic E-state index is 0. The zero-order valence-corrected chi connectivity index (χ0v) is 21.6. The molecule has 0 radical (unpaired) electrons. The molecule has 7 heteroatoms. The summed E-state index contributed by atoms with van der Waals surface area (Å²) in [5.41, 5.74) is 1.79. The molecule has 0 aliphatic heterocycles. The van der Waals surface area contributed by atoms with Crippen molar-refractivity contribution < 1.29 is 4.79 Å². The Morgan fingerprint density at radius 2 is 1.70 bits per heavy atom. The molecule has 0 aromatic heterocycles. The Bertz CT molecular complexity index is 654. The van der Waals surface area contributed by atoms with E-state index in [1.807, 2.05) is 24.3 Å². The Labute approximate surface area is 199 Å². The fourth-order valence-corrected chi connectivity index (χ4v) is 4.01. The van der Waals surface area contributed by atoms with Crippen LogP contribution >= 0.6 is 24.0 Å². The first-order valence-corrected chi connectivity index (χ1v) is 10.9. The van der Waals surface area contributed by atoms with Crippen LogP contribution in [0.4, 0.5) is 0 Å². The fourth-order valence-electron chi connectivity index (χ4n) is 4.01. The van der Waals surface area contributed by atoms with E-state index in [-0.39, 0.29) is 29.9 Å². The lowest BCUT2D eigenvalue weighted by Gasteiger charge is -2.35. The number of aliphatic imine (C=N–C) groups is 1. The van der Waals surface area contributed by atoms with Crippen molar-refractivity contribution in [1.82, 2.24) is 20.4 Å². The van der Waals surface area contributed by atoms with Gasteiger partial charge in [-0.2, -0.15) is 0 Å². The highest BCUT2D eigenvalue weighted by Gasteiger charge is 2.25. The Balaban J connectivity index is 0.00000450. The largest absolute Gasteiger partial charge is 0.357 e. The van der Waals surface area contributed by atoms with Gasteiger partial charge in [-0.1, -0.05) is 31.4 Å². The van der Waals surface area contributed by atoms with Gasteiger partial charge in [0.2, 0.25) is 0 Å². The Hall–Kier alpha value is -1.35. The molecule has 1 aromatic rings. The van der Waals surface area contributed by atoms with Crippen LogP contribution in [-0.2, 0) is 6.54 Å². The van der Waals surface area contributed by atoms with Gasteiger partial charge in [-0.3, -0.25) is 4.79 Å². The summed E-state index contributed by atoms with van der Waals surface area (Å²) < 4.78 is 0. The average molecular weight is 530 g/mol. The van der Waals surface area contributed by atoms with E-state index in [1.165, 1.54) is 32.1 Å². The zero-order valence-electron chi connectivity index (χ0n) is 19.3. The highest BCUT2D eigenvalue weighted by atomic mass is 127. The van der Waals surface area contributed by atoms with Gasteiger partial charge >= 0.3 is 0 Å². The predicted octanol–water partition coefficient (Wildman–Crippen LogP) is 3.57. The van der Waals surface area contributed by atoms with Crippen LogP contribution in [0.25, 0.3) is 0 Å². The molecule has 6 nitrogen and oxygen atoms in total. The summed E-state index contributed by atoms with van der Waals surface area (Å²) >= 11 is 0. The van der Waals surface area contributed by atoms with Crippen molar-refractivity contribution in [3.63, 3.8) is 0 Å². The summed E-state index contributed by atoms with van der Waals surface area (Å²) in [6, 6.07) is 8.23. The smallest absolute Gasteiger partial charge is 0.253 e. The summed E-state index contributed by atoms with van der Waals surface area (Å²) in [5.74, 6) is 1.63. The first-order chi connectivity index (χ1) is 13.9. The van der Waals surface area contributed by atoms with Crippen LogP contribution in [0.3, 0.4) is 0 Å². The first-order valence-electron chi connectivity index (χ1n) is 10.9. The number of guanidine groups is 1. The third-order valence-corrected chi connectivity index (χ3v) is 5.71. The molecule has 0 bridgehead atoms. The van der Waals surface area contributed by atoms with E-state index in [0.717, 1.165) is 30.5 Å². The first kappa shape index (κ1) is 26.7.